The quantitative estimate of drug-likeness (QED) is 0.391. The Morgan fingerprint density at radius 1 is 1.06 bits per heavy atom. The third-order valence-electron chi connectivity index (χ3n) is 5.18. The standard InChI is InChI=1S/C23H29N3O5S2.ClH/c1-6-33(28,29)17-10-7-9-16(15-17)22(27)26(14-8-13-25(2)3)23-24-20-18(30-4)11-12-19(31-5)21(20)32-23;/h7,9-12,15H,6,8,13-14H2,1-5H3;1H. The van der Waals surface area contributed by atoms with Gasteiger partial charge in [-0.15, -0.1) is 12.4 Å². The highest BCUT2D eigenvalue weighted by Crippen LogP contribution is 2.40. The second kappa shape index (κ2) is 11.8. The van der Waals surface area contributed by atoms with E-state index in [4.69, 9.17) is 14.5 Å². The number of ether oxygens (including phenoxy) is 2. The first-order chi connectivity index (χ1) is 15.7. The van der Waals surface area contributed by atoms with E-state index < -0.39 is 9.84 Å². The first-order valence-electron chi connectivity index (χ1n) is 10.5. The van der Waals surface area contributed by atoms with E-state index in [9.17, 15) is 13.2 Å². The summed E-state index contributed by atoms with van der Waals surface area (Å²) in [5.74, 6) is 0.893. The molecule has 3 rings (SSSR count). The Bertz CT molecular complexity index is 1200. The smallest absolute Gasteiger partial charge is 0.260 e. The van der Waals surface area contributed by atoms with Crippen molar-refractivity contribution in [1.29, 1.82) is 0 Å². The molecule has 0 unspecified atom stereocenters. The van der Waals surface area contributed by atoms with Crippen LogP contribution in [0.4, 0.5) is 5.13 Å². The van der Waals surface area contributed by atoms with E-state index in [2.05, 4.69) is 0 Å². The summed E-state index contributed by atoms with van der Waals surface area (Å²) in [6, 6.07) is 9.76. The molecule has 186 valence electrons. The minimum absolute atomic E-state index is 0. The molecule has 0 fully saturated rings. The number of sulfone groups is 1. The van der Waals surface area contributed by atoms with Crippen LogP contribution in [0, 0.1) is 0 Å². The van der Waals surface area contributed by atoms with Crippen molar-refractivity contribution in [2.24, 2.45) is 0 Å². The number of methoxy groups -OCH3 is 2. The van der Waals surface area contributed by atoms with Crippen LogP contribution in [0.25, 0.3) is 10.2 Å². The zero-order valence-electron chi connectivity index (χ0n) is 19.9. The average molecular weight is 528 g/mol. The number of amides is 1. The number of halogens is 1. The third kappa shape index (κ3) is 5.99. The molecule has 8 nitrogen and oxygen atoms in total. The summed E-state index contributed by atoms with van der Waals surface area (Å²) >= 11 is 1.34. The Kier molecular flexibility index (Phi) is 9.69. The SMILES string of the molecule is CCS(=O)(=O)c1cccc(C(=O)N(CCCN(C)C)c2nc3c(OC)ccc(OC)c3s2)c1.Cl. The van der Waals surface area contributed by atoms with Gasteiger partial charge in [-0.25, -0.2) is 13.4 Å². The van der Waals surface area contributed by atoms with E-state index >= 15 is 0 Å². The number of hydrogen-bond donors (Lipinski definition) is 0. The van der Waals surface area contributed by atoms with E-state index in [0.717, 1.165) is 17.7 Å². The maximum Gasteiger partial charge on any atom is 0.260 e. The van der Waals surface area contributed by atoms with E-state index in [1.165, 1.54) is 23.5 Å². The summed E-state index contributed by atoms with van der Waals surface area (Å²) in [5, 5.41) is 0.500. The van der Waals surface area contributed by atoms with Crippen LogP contribution in [-0.4, -0.2) is 71.4 Å². The van der Waals surface area contributed by atoms with Gasteiger partial charge in [-0.1, -0.05) is 24.3 Å². The predicted octanol–water partition coefficient (Wildman–Crippen LogP) is 4.13. The molecule has 11 heteroatoms. The Balaban J connectivity index is 0.00000408. The highest BCUT2D eigenvalue weighted by atomic mass is 35.5. The molecule has 1 amide bonds. The lowest BCUT2D eigenvalue weighted by molar-refractivity contribution is 0.0986. The molecule has 2 aromatic carbocycles. The molecule has 1 heterocycles. The lowest BCUT2D eigenvalue weighted by Crippen LogP contribution is -2.33. The number of carbonyl (C=O) groups is 1. The van der Waals surface area contributed by atoms with Crippen molar-refractivity contribution in [2.75, 3.05) is 52.1 Å². The highest BCUT2D eigenvalue weighted by molar-refractivity contribution is 7.91. The van der Waals surface area contributed by atoms with Gasteiger partial charge in [-0.3, -0.25) is 9.69 Å². The summed E-state index contributed by atoms with van der Waals surface area (Å²) in [4.78, 5) is 22.1. The van der Waals surface area contributed by atoms with Crippen LogP contribution < -0.4 is 14.4 Å². The van der Waals surface area contributed by atoms with Crippen molar-refractivity contribution in [2.45, 2.75) is 18.2 Å². The van der Waals surface area contributed by atoms with Crippen LogP contribution in [0.5, 0.6) is 11.5 Å². The lowest BCUT2D eigenvalue weighted by atomic mass is 10.2. The van der Waals surface area contributed by atoms with Gasteiger partial charge in [0, 0.05) is 12.1 Å². The van der Waals surface area contributed by atoms with Gasteiger partial charge in [0.15, 0.2) is 15.0 Å². The van der Waals surface area contributed by atoms with Gasteiger partial charge < -0.3 is 14.4 Å². The molecule has 0 atom stereocenters. The summed E-state index contributed by atoms with van der Waals surface area (Å²) in [7, 11) is 3.66. The van der Waals surface area contributed by atoms with E-state index in [-0.39, 0.29) is 29.0 Å². The molecule has 0 N–H and O–H groups in total. The molecule has 34 heavy (non-hydrogen) atoms. The first-order valence-corrected chi connectivity index (χ1v) is 13.0. The molecule has 0 aliphatic heterocycles. The normalized spacial score (nSPS) is 11.4. The van der Waals surface area contributed by atoms with Crippen molar-refractivity contribution in [3.05, 3.63) is 42.0 Å². The second-order valence-corrected chi connectivity index (χ2v) is 10.9. The van der Waals surface area contributed by atoms with Crippen LogP contribution in [0.3, 0.4) is 0 Å². The van der Waals surface area contributed by atoms with Gasteiger partial charge in [-0.05, 0) is 57.4 Å². The molecule has 0 spiro atoms. The van der Waals surface area contributed by atoms with E-state index in [1.807, 2.05) is 19.0 Å². The average Bonchev–Trinajstić information content (AvgIpc) is 3.25. The fraction of sp³-hybridized carbons (Fsp3) is 0.391. The van der Waals surface area contributed by atoms with Gasteiger partial charge in [0.2, 0.25) is 0 Å². The number of fused-ring (bicyclic) bond motifs is 1. The monoisotopic (exact) mass is 527 g/mol. The van der Waals surface area contributed by atoms with Crippen molar-refractivity contribution < 1.29 is 22.7 Å². The first kappa shape index (κ1) is 27.8. The zero-order valence-corrected chi connectivity index (χ0v) is 22.3. The Morgan fingerprint density at radius 3 is 2.35 bits per heavy atom. The topological polar surface area (TPSA) is 89.0 Å². The van der Waals surface area contributed by atoms with E-state index in [0.29, 0.717) is 34.3 Å². The number of benzene rings is 2. The largest absolute Gasteiger partial charge is 0.495 e. The van der Waals surface area contributed by atoms with Crippen LogP contribution >= 0.6 is 23.7 Å². The maximum absolute atomic E-state index is 13.6. The van der Waals surface area contributed by atoms with Crippen molar-refractivity contribution in [3.8, 4) is 11.5 Å². The Hall–Kier alpha value is -2.40. The lowest BCUT2D eigenvalue weighted by Gasteiger charge is -2.21. The Morgan fingerprint density at radius 2 is 1.74 bits per heavy atom. The minimum Gasteiger partial charge on any atom is -0.495 e. The molecule has 0 radical (unpaired) electrons. The fourth-order valence-corrected chi connectivity index (χ4v) is 5.39. The molecular formula is C23H30ClN3O5S2. The number of rotatable bonds is 10. The molecule has 0 aliphatic rings. The summed E-state index contributed by atoms with van der Waals surface area (Å²) in [6.07, 6.45) is 0.718. The number of anilines is 1. The van der Waals surface area contributed by atoms with Crippen LogP contribution in [0.1, 0.15) is 23.7 Å². The van der Waals surface area contributed by atoms with E-state index in [1.54, 1.807) is 50.3 Å². The number of aromatic nitrogens is 1. The number of hydrogen-bond acceptors (Lipinski definition) is 8. The fourth-order valence-electron chi connectivity index (χ4n) is 3.36. The molecule has 1 aromatic heterocycles. The minimum atomic E-state index is -3.43. The van der Waals surface area contributed by atoms with Gasteiger partial charge in [0.1, 0.15) is 21.7 Å². The summed E-state index contributed by atoms with van der Waals surface area (Å²) < 4.78 is 36.4. The van der Waals surface area contributed by atoms with Crippen molar-refractivity contribution >= 4 is 54.8 Å². The zero-order chi connectivity index (χ0) is 24.2. The van der Waals surface area contributed by atoms with Crippen molar-refractivity contribution in [1.82, 2.24) is 9.88 Å². The van der Waals surface area contributed by atoms with Gasteiger partial charge in [0.25, 0.3) is 5.91 Å². The second-order valence-electron chi connectivity index (χ2n) is 7.69. The third-order valence-corrected chi connectivity index (χ3v) is 8.01. The van der Waals surface area contributed by atoms with Crippen LogP contribution in [-0.2, 0) is 9.84 Å². The van der Waals surface area contributed by atoms with Crippen LogP contribution in [0.2, 0.25) is 0 Å². The Labute approximate surface area is 210 Å². The van der Waals surface area contributed by atoms with Crippen LogP contribution in [0.15, 0.2) is 41.3 Å². The summed E-state index contributed by atoms with van der Waals surface area (Å²) in [6.45, 7) is 2.79. The molecule has 0 bridgehead atoms. The molecule has 0 aliphatic carbocycles. The molecule has 3 aromatic rings. The summed E-state index contributed by atoms with van der Waals surface area (Å²) in [5.41, 5.74) is 0.914. The van der Waals surface area contributed by atoms with Gasteiger partial charge in [-0.2, -0.15) is 0 Å². The number of thiazole rings is 1. The van der Waals surface area contributed by atoms with Gasteiger partial charge in [0.05, 0.1) is 24.9 Å². The molecule has 0 saturated carbocycles. The highest BCUT2D eigenvalue weighted by Gasteiger charge is 2.24. The molecule has 0 saturated heterocycles. The van der Waals surface area contributed by atoms with Crippen molar-refractivity contribution in [3.63, 3.8) is 0 Å². The van der Waals surface area contributed by atoms with Gasteiger partial charge >= 0.3 is 0 Å². The molecular weight excluding hydrogens is 498 g/mol. The number of carbonyl (C=O) groups excluding carboxylic acids is 1. The number of nitrogens with zero attached hydrogens (tertiary/aromatic N) is 3. The maximum atomic E-state index is 13.6. The predicted molar refractivity (Wildman–Crippen MR) is 139 cm³/mol.